The van der Waals surface area contributed by atoms with Crippen molar-refractivity contribution in [3.63, 3.8) is 0 Å². The molecule has 0 aliphatic carbocycles. The largest absolute Gasteiger partial charge is 0.496 e. The summed E-state index contributed by atoms with van der Waals surface area (Å²) in [5, 5.41) is 3.27. The van der Waals surface area contributed by atoms with Crippen LogP contribution in [0.1, 0.15) is 21.5 Å². The minimum Gasteiger partial charge on any atom is -0.496 e. The molecule has 0 fully saturated rings. The van der Waals surface area contributed by atoms with Crippen molar-refractivity contribution in [3.8, 4) is 5.75 Å². The lowest BCUT2D eigenvalue weighted by Crippen LogP contribution is -2.23. The molecule has 0 amide bonds. The Labute approximate surface area is 83.1 Å². The summed E-state index contributed by atoms with van der Waals surface area (Å²) in [6, 6.07) is 3.88. The minimum absolute atomic E-state index is 0.634. The molecule has 0 bridgehead atoms. The van der Waals surface area contributed by atoms with Gasteiger partial charge >= 0.3 is 0 Å². The van der Waals surface area contributed by atoms with Crippen molar-refractivity contribution < 1.29 is 9.53 Å². The van der Waals surface area contributed by atoms with Gasteiger partial charge in [0.2, 0.25) is 0 Å². The second-order valence-corrected chi connectivity index (χ2v) is 3.41. The highest BCUT2D eigenvalue weighted by Crippen LogP contribution is 2.24. The number of hydrogen-bond donors (Lipinski definition) is 1. The van der Waals surface area contributed by atoms with Gasteiger partial charge in [-0.15, -0.1) is 0 Å². The van der Waals surface area contributed by atoms with Gasteiger partial charge in [-0.3, -0.25) is 4.79 Å². The first-order chi connectivity index (χ1) is 6.85. The predicted molar refractivity (Wildman–Crippen MR) is 53.8 cm³/mol. The minimum atomic E-state index is 0.634. The lowest BCUT2D eigenvalue weighted by molar-refractivity contribution is 0.112. The predicted octanol–water partition coefficient (Wildman–Crippen LogP) is 1.15. The number of methoxy groups -OCH3 is 1. The molecule has 0 radical (unpaired) electrons. The summed E-state index contributed by atoms with van der Waals surface area (Å²) in [5.74, 6) is 0.681. The van der Waals surface area contributed by atoms with Gasteiger partial charge in [-0.05, 0) is 36.2 Å². The van der Waals surface area contributed by atoms with Crippen molar-refractivity contribution in [3.05, 3.63) is 28.8 Å². The molecule has 1 aliphatic heterocycles. The molecule has 0 atom stereocenters. The molecule has 74 valence electrons. The van der Waals surface area contributed by atoms with Crippen molar-refractivity contribution in [2.24, 2.45) is 0 Å². The van der Waals surface area contributed by atoms with Crippen LogP contribution in [0.2, 0.25) is 0 Å². The number of hydrogen-bond acceptors (Lipinski definition) is 3. The summed E-state index contributed by atoms with van der Waals surface area (Å²) in [6.45, 7) is 1.84. The van der Waals surface area contributed by atoms with Crippen LogP contribution in [0.25, 0.3) is 0 Å². The summed E-state index contributed by atoms with van der Waals surface area (Å²) < 4.78 is 5.15. The Morgan fingerprint density at radius 3 is 3.00 bits per heavy atom. The Balaban J connectivity index is 2.48. The second kappa shape index (κ2) is 3.80. The quantitative estimate of drug-likeness (QED) is 0.713. The Hall–Kier alpha value is -1.35. The van der Waals surface area contributed by atoms with E-state index in [9.17, 15) is 4.79 Å². The monoisotopic (exact) mass is 191 g/mol. The van der Waals surface area contributed by atoms with Gasteiger partial charge in [0.15, 0.2) is 6.29 Å². The number of carbonyl (C=O) groups is 1. The summed E-state index contributed by atoms with van der Waals surface area (Å²) in [5.41, 5.74) is 3.13. The van der Waals surface area contributed by atoms with Crippen LogP contribution in [0, 0.1) is 0 Å². The van der Waals surface area contributed by atoms with Crippen molar-refractivity contribution in [1.29, 1.82) is 0 Å². The summed E-state index contributed by atoms with van der Waals surface area (Å²) in [6.07, 6.45) is 1.85. The molecule has 0 unspecified atom stereocenters. The number of fused-ring (bicyclic) bond motifs is 1. The summed E-state index contributed by atoms with van der Waals surface area (Å²) >= 11 is 0. The van der Waals surface area contributed by atoms with Crippen LogP contribution in [0.15, 0.2) is 12.1 Å². The van der Waals surface area contributed by atoms with E-state index in [-0.39, 0.29) is 0 Å². The van der Waals surface area contributed by atoms with Gasteiger partial charge in [0.25, 0.3) is 0 Å². The highest BCUT2D eigenvalue weighted by Gasteiger charge is 2.12. The first-order valence-corrected chi connectivity index (χ1v) is 4.71. The Kier molecular flexibility index (Phi) is 2.50. The van der Waals surface area contributed by atoms with Crippen LogP contribution >= 0.6 is 0 Å². The van der Waals surface area contributed by atoms with Crippen LogP contribution in [0.5, 0.6) is 5.75 Å². The van der Waals surface area contributed by atoms with Crippen molar-refractivity contribution in [1.82, 2.24) is 5.32 Å². The number of benzene rings is 1. The SMILES string of the molecule is COc1cc2c(cc1C=O)CNCC2. The maximum atomic E-state index is 10.8. The summed E-state index contributed by atoms with van der Waals surface area (Å²) in [7, 11) is 1.59. The molecule has 0 aromatic heterocycles. The van der Waals surface area contributed by atoms with Gasteiger partial charge in [0.05, 0.1) is 12.7 Å². The van der Waals surface area contributed by atoms with E-state index in [0.717, 1.165) is 25.8 Å². The zero-order chi connectivity index (χ0) is 9.97. The average Bonchev–Trinajstić information content (AvgIpc) is 2.27. The first kappa shape index (κ1) is 9.21. The third kappa shape index (κ3) is 1.51. The normalized spacial score (nSPS) is 14.6. The maximum Gasteiger partial charge on any atom is 0.153 e. The molecular formula is C11H13NO2. The van der Waals surface area contributed by atoms with Gasteiger partial charge in [0.1, 0.15) is 5.75 Å². The number of aldehydes is 1. The lowest BCUT2D eigenvalue weighted by atomic mass is 9.98. The molecule has 14 heavy (non-hydrogen) atoms. The lowest BCUT2D eigenvalue weighted by Gasteiger charge is -2.18. The number of ether oxygens (including phenoxy) is 1. The summed E-state index contributed by atoms with van der Waals surface area (Å²) in [4.78, 5) is 10.8. The van der Waals surface area contributed by atoms with E-state index in [4.69, 9.17) is 4.74 Å². The van der Waals surface area contributed by atoms with E-state index >= 15 is 0 Å². The van der Waals surface area contributed by atoms with Gasteiger partial charge < -0.3 is 10.1 Å². The van der Waals surface area contributed by atoms with Crippen molar-refractivity contribution >= 4 is 6.29 Å². The fourth-order valence-electron chi connectivity index (χ4n) is 1.80. The smallest absolute Gasteiger partial charge is 0.153 e. The molecule has 1 aliphatic rings. The maximum absolute atomic E-state index is 10.8. The molecule has 2 rings (SSSR count). The fourth-order valence-corrected chi connectivity index (χ4v) is 1.80. The van der Waals surface area contributed by atoms with E-state index in [1.54, 1.807) is 7.11 Å². The molecule has 0 saturated carbocycles. The zero-order valence-electron chi connectivity index (χ0n) is 8.17. The van der Waals surface area contributed by atoms with Crippen molar-refractivity contribution in [2.45, 2.75) is 13.0 Å². The fraction of sp³-hybridized carbons (Fsp3) is 0.364. The van der Waals surface area contributed by atoms with Gasteiger partial charge in [-0.1, -0.05) is 0 Å². The third-order valence-corrected chi connectivity index (χ3v) is 2.57. The standard InChI is InChI=1S/C11H13NO2/c1-14-11-5-8-2-3-12-6-9(8)4-10(11)7-13/h4-5,7,12H,2-3,6H2,1H3. The zero-order valence-corrected chi connectivity index (χ0v) is 8.17. The van der Waals surface area contributed by atoms with Gasteiger partial charge in [-0.2, -0.15) is 0 Å². The number of nitrogens with one attached hydrogen (secondary N) is 1. The van der Waals surface area contributed by atoms with E-state index in [2.05, 4.69) is 5.32 Å². The van der Waals surface area contributed by atoms with E-state index in [0.29, 0.717) is 11.3 Å². The average molecular weight is 191 g/mol. The van der Waals surface area contributed by atoms with Crippen molar-refractivity contribution in [2.75, 3.05) is 13.7 Å². The molecule has 1 aromatic carbocycles. The van der Waals surface area contributed by atoms with Crippen LogP contribution in [0.3, 0.4) is 0 Å². The topological polar surface area (TPSA) is 38.3 Å². The van der Waals surface area contributed by atoms with Gasteiger partial charge in [0, 0.05) is 6.54 Å². The molecule has 1 N–H and O–H groups in total. The highest BCUT2D eigenvalue weighted by molar-refractivity contribution is 5.80. The molecule has 1 heterocycles. The molecular weight excluding hydrogens is 178 g/mol. The Morgan fingerprint density at radius 2 is 2.29 bits per heavy atom. The first-order valence-electron chi connectivity index (χ1n) is 4.71. The second-order valence-electron chi connectivity index (χ2n) is 3.41. The number of rotatable bonds is 2. The van der Waals surface area contributed by atoms with E-state index in [1.165, 1.54) is 11.1 Å². The Bertz CT molecular complexity index is 361. The number of carbonyl (C=O) groups excluding carboxylic acids is 1. The van der Waals surface area contributed by atoms with Crippen LogP contribution < -0.4 is 10.1 Å². The Morgan fingerprint density at radius 1 is 1.43 bits per heavy atom. The molecule has 3 heteroatoms. The molecule has 1 aromatic rings. The highest BCUT2D eigenvalue weighted by atomic mass is 16.5. The van der Waals surface area contributed by atoms with Crippen LogP contribution in [-0.2, 0) is 13.0 Å². The van der Waals surface area contributed by atoms with E-state index in [1.807, 2.05) is 12.1 Å². The van der Waals surface area contributed by atoms with Gasteiger partial charge in [-0.25, -0.2) is 0 Å². The van der Waals surface area contributed by atoms with Crippen LogP contribution in [0.4, 0.5) is 0 Å². The third-order valence-electron chi connectivity index (χ3n) is 2.57. The molecule has 0 saturated heterocycles. The van der Waals surface area contributed by atoms with E-state index < -0.39 is 0 Å². The molecule has 0 spiro atoms. The molecule has 3 nitrogen and oxygen atoms in total. The van der Waals surface area contributed by atoms with Crippen LogP contribution in [-0.4, -0.2) is 19.9 Å².